The van der Waals surface area contributed by atoms with Gasteiger partial charge in [-0.1, -0.05) is 6.07 Å². The smallest absolute Gasteiger partial charge is 0.208 e. The van der Waals surface area contributed by atoms with E-state index in [1.807, 2.05) is 18.2 Å². The number of hydrogen-bond acceptors (Lipinski definition) is 5. The second kappa shape index (κ2) is 12.1. The molecule has 0 spiro atoms. The summed E-state index contributed by atoms with van der Waals surface area (Å²) in [5.41, 5.74) is 1.02. The molecule has 144 valence electrons. The van der Waals surface area contributed by atoms with Crippen LogP contribution in [-0.2, 0) is 16.6 Å². The van der Waals surface area contributed by atoms with Gasteiger partial charge in [-0.15, -0.1) is 24.0 Å². The SMILES string of the molecule is CN=C(NCCCNS(C)(=O)=O)NCc1ccc(OC)c(OC)c1.I. The monoisotopic (exact) mass is 486 g/mol. The van der Waals surface area contributed by atoms with Gasteiger partial charge >= 0.3 is 0 Å². The van der Waals surface area contributed by atoms with Gasteiger partial charge in [-0.05, 0) is 24.1 Å². The summed E-state index contributed by atoms with van der Waals surface area (Å²) in [4.78, 5) is 4.13. The highest BCUT2D eigenvalue weighted by molar-refractivity contribution is 14.0. The number of nitrogens with zero attached hydrogens (tertiary/aromatic N) is 1. The highest BCUT2D eigenvalue weighted by Crippen LogP contribution is 2.27. The molecule has 1 rings (SSSR count). The van der Waals surface area contributed by atoms with Crippen LogP contribution in [0.3, 0.4) is 0 Å². The Hall–Kier alpha value is -1.27. The summed E-state index contributed by atoms with van der Waals surface area (Å²) in [6, 6.07) is 5.69. The van der Waals surface area contributed by atoms with E-state index in [0.717, 1.165) is 11.8 Å². The molecule has 0 aliphatic heterocycles. The fraction of sp³-hybridized carbons (Fsp3) is 0.533. The lowest BCUT2D eigenvalue weighted by Crippen LogP contribution is -2.38. The maximum absolute atomic E-state index is 11.0. The minimum atomic E-state index is -3.13. The summed E-state index contributed by atoms with van der Waals surface area (Å²) in [5, 5.41) is 6.31. The fourth-order valence-corrected chi connectivity index (χ4v) is 2.46. The normalized spacial score (nSPS) is 11.4. The van der Waals surface area contributed by atoms with Crippen LogP contribution in [0.2, 0.25) is 0 Å². The van der Waals surface area contributed by atoms with E-state index >= 15 is 0 Å². The molecule has 0 heterocycles. The van der Waals surface area contributed by atoms with Gasteiger partial charge in [0, 0.05) is 26.7 Å². The molecule has 0 bridgehead atoms. The number of methoxy groups -OCH3 is 2. The first-order chi connectivity index (χ1) is 11.4. The average molecular weight is 486 g/mol. The van der Waals surface area contributed by atoms with Gasteiger partial charge in [-0.2, -0.15) is 0 Å². The summed E-state index contributed by atoms with van der Waals surface area (Å²) in [6.45, 7) is 1.56. The molecule has 0 radical (unpaired) electrons. The predicted molar refractivity (Wildman–Crippen MR) is 111 cm³/mol. The Labute approximate surface area is 166 Å². The van der Waals surface area contributed by atoms with Crippen molar-refractivity contribution in [1.29, 1.82) is 0 Å². The second-order valence-electron chi connectivity index (χ2n) is 5.06. The van der Waals surface area contributed by atoms with Crippen molar-refractivity contribution in [2.75, 3.05) is 40.6 Å². The zero-order valence-corrected chi connectivity index (χ0v) is 18.1. The molecule has 0 saturated carbocycles. The van der Waals surface area contributed by atoms with Gasteiger partial charge in [0.2, 0.25) is 10.0 Å². The van der Waals surface area contributed by atoms with E-state index < -0.39 is 10.0 Å². The summed E-state index contributed by atoms with van der Waals surface area (Å²) >= 11 is 0. The Balaban J connectivity index is 0.00000576. The maximum Gasteiger partial charge on any atom is 0.208 e. The van der Waals surface area contributed by atoms with Crippen molar-refractivity contribution in [3.8, 4) is 11.5 Å². The average Bonchev–Trinajstić information content (AvgIpc) is 2.55. The Morgan fingerprint density at radius 3 is 2.36 bits per heavy atom. The highest BCUT2D eigenvalue weighted by Gasteiger charge is 2.05. The molecule has 0 aliphatic rings. The molecule has 0 unspecified atom stereocenters. The number of hydrogen-bond donors (Lipinski definition) is 3. The van der Waals surface area contributed by atoms with E-state index in [-0.39, 0.29) is 24.0 Å². The lowest BCUT2D eigenvalue weighted by molar-refractivity contribution is 0.354. The second-order valence-corrected chi connectivity index (χ2v) is 6.89. The topological polar surface area (TPSA) is 101 Å². The maximum atomic E-state index is 11.0. The molecule has 0 aromatic heterocycles. The molecule has 10 heteroatoms. The zero-order valence-electron chi connectivity index (χ0n) is 15.0. The fourth-order valence-electron chi connectivity index (χ4n) is 1.95. The van der Waals surface area contributed by atoms with E-state index in [4.69, 9.17) is 9.47 Å². The Bertz CT molecular complexity index is 653. The van der Waals surface area contributed by atoms with E-state index in [2.05, 4.69) is 20.3 Å². The van der Waals surface area contributed by atoms with Crippen LogP contribution in [0.1, 0.15) is 12.0 Å². The molecule has 1 aromatic carbocycles. The van der Waals surface area contributed by atoms with Gasteiger partial charge < -0.3 is 20.1 Å². The minimum Gasteiger partial charge on any atom is -0.493 e. The number of rotatable bonds is 9. The third-order valence-corrected chi connectivity index (χ3v) is 3.87. The van der Waals surface area contributed by atoms with E-state index in [9.17, 15) is 8.42 Å². The van der Waals surface area contributed by atoms with Crippen molar-refractivity contribution in [2.24, 2.45) is 4.99 Å². The predicted octanol–water partition coefficient (Wildman–Crippen LogP) is 0.926. The number of benzene rings is 1. The Kier molecular flexibility index (Phi) is 11.5. The molecule has 0 atom stereocenters. The molecule has 8 nitrogen and oxygen atoms in total. The number of aliphatic imine (C=N–C) groups is 1. The zero-order chi connectivity index (χ0) is 18.0. The van der Waals surface area contributed by atoms with Gasteiger partial charge in [-0.25, -0.2) is 13.1 Å². The van der Waals surface area contributed by atoms with Gasteiger partial charge in [-0.3, -0.25) is 4.99 Å². The van der Waals surface area contributed by atoms with Crippen LogP contribution in [0, 0.1) is 0 Å². The molecule has 3 N–H and O–H groups in total. The summed E-state index contributed by atoms with van der Waals surface area (Å²) in [5.74, 6) is 2.00. The number of halogens is 1. The molecule has 0 amide bonds. The number of nitrogens with one attached hydrogen (secondary N) is 3. The van der Waals surface area contributed by atoms with Gasteiger partial charge in [0.15, 0.2) is 17.5 Å². The number of sulfonamides is 1. The van der Waals surface area contributed by atoms with Crippen LogP contribution in [0.25, 0.3) is 0 Å². The first-order valence-electron chi connectivity index (χ1n) is 7.49. The van der Waals surface area contributed by atoms with E-state index in [1.54, 1.807) is 21.3 Å². The lowest BCUT2D eigenvalue weighted by Gasteiger charge is -2.13. The molecule has 1 aromatic rings. The van der Waals surface area contributed by atoms with Crippen molar-refractivity contribution in [3.63, 3.8) is 0 Å². The Morgan fingerprint density at radius 2 is 1.80 bits per heavy atom. The summed E-state index contributed by atoms with van der Waals surface area (Å²) < 4.78 is 34.8. The lowest BCUT2D eigenvalue weighted by atomic mass is 10.2. The van der Waals surface area contributed by atoms with Crippen molar-refractivity contribution in [2.45, 2.75) is 13.0 Å². The number of ether oxygens (including phenoxy) is 2. The molecule has 0 fully saturated rings. The largest absolute Gasteiger partial charge is 0.493 e. The molecular formula is C15H27IN4O4S. The van der Waals surface area contributed by atoms with Gasteiger partial charge in [0.25, 0.3) is 0 Å². The van der Waals surface area contributed by atoms with Gasteiger partial charge in [0.1, 0.15) is 0 Å². The highest BCUT2D eigenvalue weighted by atomic mass is 127. The quantitative estimate of drug-likeness (QED) is 0.208. The summed E-state index contributed by atoms with van der Waals surface area (Å²) in [6.07, 6.45) is 1.80. The minimum absolute atomic E-state index is 0. The van der Waals surface area contributed by atoms with Crippen molar-refractivity contribution in [3.05, 3.63) is 23.8 Å². The van der Waals surface area contributed by atoms with Crippen molar-refractivity contribution < 1.29 is 17.9 Å². The van der Waals surface area contributed by atoms with Crippen molar-refractivity contribution in [1.82, 2.24) is 15.4 Å². The summed E-state index contributed by atoms with van der Waals surface area (Å²) in [7, 11) is 1.74. The number of guanidine groups is 1. The first kappa shape index (κ1) is 23.7. The third-order valence-electron chi connectivity index (χ3n) is 3.14. The van der Waals surface area contributed by atoms with Crippen LogP contribution in [0.15, 0.2) is 23.2 Å². The van der Waals surface area contributed by atoms with Crippen LogP contribution in [0.5, 0.6) is 11.5 Å². The molecular weight excluding hydrogens is 459 g/mol. The third kappa shape index (κ3) is 9.70. The van der Waals surface area contributed by atoms with Gasteiger partial charge in [0.05, 0.1) is 20.5 Å². The molecule has 0 saturated heterocycles. The molecule has 0 aliphatic carbocycles. The van der Waals surface area contributed by atoms with Crippen molar-refractivity contribution >= 4 is 40.0 Å². The molecule has 25 heavy (non-hydrogen) atoms. The van der Waals surface area contributed by atoms with E-state index in [1.165, 1.54) is 0 Å². The van der Waals surface area contributed by atoms with Crippen LogP contribution >= 0.6 is 24.0 Å². The standard InChI is InChI=1S/C15H26N4O4S.HI/c1-16-15(17-8-5-9-19-24(4,20)21)18-11-12-6-7-13(22-2)14(10-12)23-3;/h6-7,10,19H,5,8-9,11H2,1-4H3,(H2,16,17,18);1H. The van der Waals surface area contributed by atoms with E-state index in [0.29, 0.717) is 43.5 Å². The van der Waals surface area contributed by atoms with Crippen LogP contribution in [-0.4, -0.2) is 55.0 Å². The van der Waals surface area contributed by atoms with Crippen LogP contribution in [0.4, 0.5) is 0 Å². The van der Waals surface area contributed by atoms with Crippen LogP contribution < -0.4 is 24.8 Å². The first-order valence-corrected chi connectivity index (χ1v) is 9.38. The Morgan fingerprint density at radius 1 is 1.12 bits per heavy atom.